The van der Waals surface area contributed by atoms with Gasteiger partial charge in [0.25, 0.3) is 5.91 Å². The topological polar surface area (TPSA) is 40.5 Å². The number of carbonyl (C=O) groups is 1. The van der Waals surface area contributed by atoms with E-state index in [1.54, 1.807) is 11.0 Å². The van der Waals surface area contributed by atoms with Gasteiger partial charge < -0.3 is 10.0 Å². The molecule has 0 atom stereocenters. The summed E-state index contributed by atoms with van der Waals surface area (Å²) in [4.78, 5) is 14.3. The SMILES string of the molecule is CCC(C)(C)N(C)C(=O)c1cc(C)cc(C#CCO)c1. The Kier molecular flexibility index (Phi) is 5.35. The quantitative estimate of drug-likeness (QED) is 0.860. The molecule has 0 bridgehead atoms. The van der Waals surface area contributed by atoms with Crippen molar-refractivity contribution in [3.63, 3.8) is 0 Å². The first-order chi connectivity index (χ1) is 9.31. The van der Waals surface area contributed by atoms with E-state index in [0.717, 1.165) is 17.5 Å². The molecule has 1 aromatic rings. The van der Waals surface area contributed by atoms with Gasteiger partial charge in [0.15, 0.2) is 0 Å². The average molecular weight is 273 g/mol. The van der Waals surface area contributed by atoms with Crippen LogP contribution in [0.15, 0.2) is 18.2 Å². The molecule has 1 N–H and O–H groups in total. The number of hydrogen-bond acceptors (Lipinski definition) is 2. The van der Waals surface area contributed by atoms with Gasteiger partial charge in [-0.05, 0) is 51.0 Å². The van der Waals surface area contributed by atoms with Crippen LogP contribution in [0.1, 0.15) is 48.7 Å². The van der Waals surface area contributed by atoms with Crippen LogP contribution in [0.4, 0.5) is 0 Å². The lowest BCUT2D eigenvalue weighted by Crippen LogP contribution is -2.44. The fraction of sp³-hybridized carbons (Fsp3) is 0.471. The van der Waals surface area contributed by atoms with E-state index in [2.05, 4.69) is 18.8 Å². The second-order valence-electron chi connectivity index (χ2n) is 5.58. The van der Waals surface area contributed by atoms with Crippen LogP contribution >= 0.6 is 0 Å². The predicted molar refractivity (Wildman–Crippen MR) is 81.6 cm³/mol. The molecule has 1 amide bonds. The minimum Gasteiger partial charge on any atom is -0.384 e. The van der Waals surface area contributed by atoms with Crippen LogP contribution in [-0.4, -0.2) is 35.1 Å². The summed E-state index contributed by atoms with van der Waals surface area (Å²) in [5.74, 6) is 5.45. The van der Waals surface area contributed by atoms with Crippen molar-refractivity contribution in [1.82, 2.24) is 4.90 Å². The third-order valence-corrected chi connectivity index (χ3v) is 3.71. The highest BCUT2D eigenvalue weighted by atomic mass is 16.2. The highest BCUT2D eigenvalue weighted by Gasteiger charge is 2.26. The second kappa shape index (κ2) is 6.58. The second-order valence-corrected chi connectivity index (χ2v) is 5.58. The van der Waals surface area contributed by atoms with E-state index in [0.29, 0.717) is 5.56 Å². The van der Waals surface area contributed by atoms with Gasteiger partial charge in [0, 0.05) is 23.7 Å². The Balaban J connectivity index is 3.13. The van der Waals surface area contributed by atoms with Gasteiger partial charge in [0.05, 0.1) is 0 Å². The van der Waals surface area contributed by atoms with Crippen molar-refractivity contribution in [2.24, 2.45) is 0 Å². The van der Waals surface area contributed by atoms with E-state index in [1.807, 2.05) is 40.0 Å². The van der Waals surface area contributed by atoms with E-state index >= 15 is 0 Å². The maximum atomic E-state index is 12.6. The van der Waals surface area contributed by atoms with Crippen molar-refractivity contribution < 1.29 is 9.90 Å². The Morgan fingerprint density at radius 3 is 2.55 bits per heavy atom. The molecule has 3 nitrogen and oxygen atoms in total. The molecule has 0 radical (unpaired) electrons. The number of amides is 1. The zero-order chi connectivity index (χ0) is 15.3. The number of aliphatic hydroxyl groups excluding tert-OH is 1. The largest absolute Gasteiger partial charge is 0.384 e. The summed E-state index contributed by atoms with van der Waals surface area (Å²) in [7, 11) is 1.83. The monoisotopic (exact) mass is 273 g/mol. The molecule has 0 fully saturated rings. The molecule has 0 aromatic heterocycles. The Morgan fingerprint density at radius 1 is 1.35 bits per heavy atom. The summed E-state index contributed by atoms with van der Waals surface area (Å²) >= 11 is 0. The Morgan fingerprint density at radius 2 is 2.00 bits per heavy atom. The number of rotatable bonds is 3. The van der Waals surface area contributed by atoms with Gasteiger partial charge in [0.2, 0.25) is 0 Å². The third kappa shape index (κ3) is 3.85. The number of hydrogen-bond donors (Lipinski definition) is 1. The smallest absolute Gasteiger partial charge is 0.254 e. The molecular weight excluding hydrogens is 250 g/mol. The summed E-state index contributed by atoms with van der Waals surface area (Å²) < 4.78 is 0. The molecular formula is C17H23NO2. The molecule has 108 valence electrons. The van der Waals surface area contributed by atoms with Crippen LogP contribution in [0.25, 0.3) is 0 Å². The van der Waals surface area contributed by atoms with Gasteiger partial charge in [0.1, 0.15) is 6.61 Å². The maximum Gasteiger partial charge on any atom is 0.254 e. The number of aliphatic hydroxyl groups is 1. The number of benzene rings is 1. The maximum absolute atomic E-state index is 12.6. The van der Waals surface area contributed by atoms with Gasteiger partial charge >= 0.3 is 0 Å². The highest BCUT2D eigenvalue weighted by molar-refractivity contribution is 5.95. The summed E-state index contributed by atoms with van der Waals surface area (Å²) in [5.41, 5.74) is 2.19. The minimum atomic E-state index is -0.183. The molecule has 0 aliphatic carbocycles. The zero-order valence-corrected chi connectivity index (χ0v) is 12.9. The Bertz CT molecular complexity index is 550. The lowest BCUT2D eigenvalue weighted by molar-refractivity contribution is 0.0620. The van der Waals surface area contributed by atoms with Gasteiger partial charge in [-0.1, -0.05) is 18.8 Å². The number of nitrogens with zero attached hydrogens (tertiary/aromatic N) is 1. The molecule has 0 aliphatic rings. The van der Waals surface area contributed by atoms with E-state index in [4.69, 9.17) is 5.11 Å². The van der Waals surface area contributed by atoms with Crippen LogP contribution in [0, 0.1) is 18.8 Å². The van der Waals surface area contributed by atoms with E-state index < -0.39 is 0 Å². The molecule has 0 saturated carbocycles. The van der Waals surface area contributed by atoms with E-state index in [-0.39, 0.29) is 18.1 Å². The van der Waals surface area contributed by atoms with Crippen LogP contribution in [0.3, 0.4) is 0 Å². The van der Waals surface area contributed by atoms with E-state index in [1.165, 1.54) is 0 Å². The Labute approximate surface area is 121 Å². The minimum absolute atomic E-state index is 0.00685. The zero-order valence-electron chi connectivity index (χ0n) is 12.9. The van der Waals surface area contributed by atoms with Gasteiger partial charge in [-0.2, -0.15) is 0 Å². The predicted octanol–water partition coefficient (Wildman–Crippen LogP) is 2.60. The van der Waals surface area contributed by atoms with Crippen molar-refractivity contribution >= 4 is 5.91 Å². The van der Waals surface area contributed by atoms with Crippen molar-refractivity contribution in [1.29, 1.82) is 0 Å². The third-order valence-electron chi connectivity index (χ3n) is 3.71. The first-order valence-electron chi connectivity index (χ1n) is 6.81. The molecule has 0 aliphatic heterocycles. The molecule has 0 unspecified atom stereocenters. The van der Waals surface area contributed by atoms with Gasteiger partial charge in [-0.25, -0.2) is 0 Å². The molecule has 20 heavy (non-hydrogen) atoms. The normalized spacial score (nSPS) is 10.7. The number of aryl methyl sites for hydroxylation is 1. The lowest BCUT2D eigenvalue weighted by Gasteiger charge is -2.35. The molecule has 0 heterocycles. The van der Waals surface area contributed by atoms with Crippen LogP contribution in [-0.2, 0) is 0 Å². The molecule has 0 saturated heterocycles. The fourth-order valence-electron chi connectivity index (χ4n) is 1.83. The van der Waals surface area contributed by atoms with E-state index in [9.17, 15) is 4.79 Å². The van der Waals surface area contributed by atoms with Gasteiger partial charge in [-0.3, -0.25) is 4.79 Å². The summed E-state index contributed by atoms with van der Waals surface area (Å²) in [6.45, 7) is 7.92. The first kappa shape index (κ1) is 16.3. The standard InChI is InChI=1S/C17H23NO2/c1-6-17(3,4)18(5)16(20)15-11-13(2)10-14(12-15)8-7-9-19/h10-12,19H,6,9H2,1-5H3. The van der Waals surface area contributed by atoms with Crippen LogP contribution in [0.5, 0.6) is 0 Å². The van der Waals surface area contributed by atoms with Crippen molar-refractivity contribution in [3.05, 3.63) is 34.9 Å². The first-order valence-corrected chi connectivity index (χ1v) is 6.81. The van der Waals surface area contributed by atoms with Crippen molar-refractivity contribution in [2.75, 3.05) is 13.7 Å². The van der Waals surface area contributed by atoms with Gasteiger partial charge in [-0.15, -0.1) is 0 Å². The average Bonchev–Trinajstić information content (AvgIpc) is 2.42. The molecule has 1 aromatic carbocycles. The lowest BCUT2D eigenvalue weighted by atomic mass is 9.98. The summed E-state index contributed by atoms with van der Waals surface area (Å²) in [6, 6.07) is 5.55. The molecule has 3 heteroatoms. The Hall–Kier alpha value is -1.79. The summed E-state index contributed by atoms with van der Waals surface area (Å²) in [6.07, 6.45) is 0.887. The highest BCUT2D eigenvalue weighted by Crippen LogP contribution is 2.20. The number of carbonyl (C=O) groups excluding carboxylic acids is 1. The fourth-order valence-corrected chi connectivity index (χ4v) is 1.83. The van der Waals surface area contributed by atoms with Crippen molar-refractivity contribution in [2.45, 2.75) is 39.7 Å². The van der Waals surface area contributed by atoms with Crippen LogP contribution in [0.2, 0.25) is 0 Å². The van der Waals surface area contributed by atoms with Crippen molar-refractivity contribution in [3.8, 4) is 11.8 Å². The summed E-state index contributed by atoms with van der Waals surface area (Å²) in [5, 5.41) is 8.75. The molecule has 1 rings (SSSR count). The molecule has 0 spiro atoms. The van der Waals surface area contributed by atoms with Crippen LogP contribution < -0.4 is 0 Å².